The van der Waals surface area contributed by atoms with Crippen molar-refractivity contribution in [1.82, 2.24) is 4.90 Å². The lowest BCUT2D eigenvalue weighted by atomic mass is 9.84. The summed E-state index contributed by atoms with van der Waals surface area (Å²) in [6.45, 7) is 9.24. The number of carbonyl (C=O) groups is 2. The first kappa shape index (κ1) is 21.6. The van der Waals surface area contributed by atoms with Gasteiger partial charge in [-0.25, -0.2) is 0 Å². The van der Waals surface area contributed by atoms with Crippen LogP contribution in [0.15, 0.2) is 48.5 Å². The molecule has 0 unspecified atom stereocenters. The highest BCUT2D eigenvalue weighted by atomic mass is 16.2. The second-order valence-corrected chi connectivity index (χ2v) is 10.2. The summed E-state index contributed by atoms with van der Waals surface area (Å²) in [4.78, 5) is 28.8. The van der Waals surface area contributed by atoms with Crippen molar-refractivity contribution in [2.75, 3.05) is 11.9 Å². The van der Waals surface area contributed by atoms with E-state index < -0.39 is 0 Å². The Morgan fingerprint density at radius 3 is 2.42 bits per heavy atom. The van der Waals surface area contributed by atoms with Crippen molar-refractivity contribution in [2.24, 2.45) is 11.8 Å². The number of hydrogen-bond donors (Lipinski definition) is 1. The number of piperidine rings is 1. The molecule has 0 spiro atoms. The Bertz CT molecular complexity index is 971. The number of nitrogens with one attached hydrogen (secondary N) is 1. The van der Waals surface area contributed by atoms with Gasteiger partial charge in [-0.2, -0.15) is 0 Å². The minimum absolute atomic E-state index is 0.00773. The molecule has 1 saturated heterocycles. The van der Waals surface area contributed by atoms with Crippen LogP contribution in [0.1, 0.15) is 67.9 Å². The van der Waals surface area contributed by atoms with Crippen LogP contribution in [0.2, 0.25) is 0 Å². The number of nitrogens with zero attached hydrogens (tertiary/aromatic N) is 1. The van der Waals surface area contributed by atoms with Crippen molar-refractivity contribution in [2.45, 2.75) is 64.8 Å². The molecule has 31 heavy (non-hydrogen) atoms. The molecule has 4 nitrogen and oxygen atoms in total. The highest BCUT2D eigenvalue weighted by Crippen LogP contribution is 2.43. The molecule has 1 N–H and O–H groups in total. The van der Waals surface area contributed by atoms with Crippen molar-refractivity contribution in [3.05, 3.63) is 65.2 Å². The van der Waals surface area contributed by atoms with E-state index in [2.05, 4.69) is 38.2 Å². The summed E-state index contributed by atoms with van der Waals surface area (Å²) >= 11 is 0. The first-order chi connectivity index (χ1) is 14.8. The third-order valence-corrected chi connectivity index (χ3v) is 6.76. The zero-order valence-corrected chi connectivity index (χ0v) is 19.2. The molecule has 0 aromatic heterocycles. The van der Waals surface area contributed by atoms with Gasteiger partial charge in [-0.05, 0) is 73.3 Å². The molecule has 1 aliphatic carbocycles. The smallest absolute Gasteiger partial charge is 0.254 e. The fourth-order valence-electron chi connectivity index (χ4n) is 4.83. The molecule has 4 rings (SSSR count). The summed E-state index contributed by atoms with van der Waals surface area (Å²) in [7, 11) is 0. The number of amides is 2. The normalized spacial score (nSPS) is 21.6. The highest BCUT2D eigenvalue weighted by molar-refractivity contribution is 5.97. The molecule has 2 amide bonds. The summed E-state index contributed by atoms with van der Waals surface area (Å²) in [5.74, 6) is 0.393. The third kappa shape index (κ3) is 4.68. The number of benzene rings is 2. The van der Waals surface area contributed by atoms with Gasteiger partial charge in [-0.15, -0.1) is 0 Å². The zero-order chi connectivity index (χ0) is 22.2. The Labute approximate surface area is 186 Å². The Hall–Kier alpha value is -2.62. The van der Waals surface area contributed by atoms with Crippen molar-refractivity contribution >= 4 is 17.5 Å². The van der Waals surface area contributed by atoms with Gasteiger partial charge in [0.1, 0.15) is 0 Å². The van der Waals surface area contributed by atoms with Crippen molar-refractivity contribution in [1.29, 1.82) is 0 Å². The molecule has 164 valence electrons. The minimum Gasteiger partial charge on any atom is -0.335 e. The summed E-state index contributed by atoms with van der Waals surface area (Å²) in [6, 6.07) is 15.9. The largest absolute Gasteiger partial charge is 0.335 e. The van der Waals surface area contributed by atoms with Gasteiger partial charge in [-0.1, -0.05) is 51.1 Å². The van der Waals surface area contributed by atoms with Gasteiger partial charge < -0.3 is 10.2 Å². The lowest BCUT2D eigenvalue weighted by Gasteiger charge is -2.41. The minimum atomic E-state index is -0.160. The van der Waals surface area contributed by atoms with Gasteiger partial charge in [0.2, 0.25) is 5.91 Å². The van der Waals surface area contributed by atoms with Crippen LogP contribution in [-0.2, 0) is 10.2 Å². The summed E-state index contributed by atoms with van der Waals surface area (Å²) in [5, 5.41) is 3.17. The fourth-order valence-corrected chi connectivity index (χ4v) is 4.83. The Morgan fingerprint density at radius 1 is 1.00 bits per heavy atom. The maximum Gasteiger partial charge on any atom is 0.254 e. The maximum absolute atomic E-state index is 13.4. The van der Waals surface area contributed by atoms with E-state index >= 15 is 0 Å². The second kappa shape index (κ2) is 8.49. The molecule has 0 bridgehead atoms. The van der Waals surface area contributed by atoms with Gasteiger partial charge in [-0.3, -0.25) is 9.59 Å². The van der Waals surface area contributed by atoms with Gasteiger partial charge in [0.15, 0.2) is 0 Å². The Balaban J connectivity index is 1.56. The van der Waals surface area contributed by atoms with E-state index in [-0.39, 0.29) is 29.2 Å². The first-order valence-corrected chi connectivity index (χ1v) is 11.5. The van der Waals surface area contributed by atoms with E-state index in [1.165, 1.54) is 5.56 Å². The molecule has 2 aromatic rings. The zero-order valence-electron chi connectivity index (χ0n) is 19.2. The molecule has 1 saturated carbocycles. The monoisotopic (exact) mass is 418 g/mol. The van der Waals surface area contributed by atoms with Crippen LogP contribution >= 0.6 is 0 Å². The van der Waals surface area contributed by atoms with Crippen LogP contribution in [0.3, 0.4) is 0 Å². The molecule has 2 aromatic carbocycles. The molecule has 0 radical (unpaired) electrons. The summed E-state index contributed by atoms with van der Waals surface area (Å²) < 4.78 is 0. The predicted molar refractivity (Wildman–Crippen MR) is 125 cm³/mol. The molecular formula is C27H34N2O2. The Morgan fingerprint density at radius 2 is 1.74 bits per heavy atom. The van der Waals surface area contributed by atoms with Gasteiger partial charge >= 0.3 is 0 Å². The topological polar surface area (TPSA) is 49.4 Å². The van der Waals surface area contributed by atoms with Crippen LogP contribution in [0, 0.1) is 18.8 Å². The van der Waals surface area contributed by atoms with Crippen LogP contribution in [0.5, 0.6) is 0 Å². The van der Waals surface area contributed by atoms with Gasteiger partial charge in [0.25, 0.3) is 5.91 Å². The number of likely N-dealkylation sites (tertiary alicyclic amines) is 1. The lowest BCUT2D eigenvalue weighted by Crippen LogP contribution is -2.53. The number of aryl methyl sites for hydroxylation is 1. The molecule has 4 heteroatoms. The van der Waals surface area contributed by atoms with Crippen molar-refractivity contribution in [3.8, 4) is 0 Å². The molecule has 2 aliphatic rings. The van der Waals surface area contributed by atoms with Crippen molar-refractivity contribution < 1.29 is 9.59 Å². The highest BCUT2D eigenvalue weighted by Gasteiger charge is 2.46. The summed E-state index contributed by atoms with van der Waals surface area (Å²) in [5.41, 5.74) is 3.82. The average molecular weight is 419 g/mol. The van der Waals surface area contributed by atoms with E-state index in [1.807, 2.05) is 48.2 Å². The number of carbonyl (C=O) groups excluding carboxylic acids is 2. The predicted octanol–water partition coefficient (Wildman–Crippen LogP) is 5.56. The number of anilines is 1. The van der Waals surface area contributed by atoms with Crippen molar-refractivity contribution in [3.63, 3.8) is 0 Å². The fraction of sp³-hybridized carbons (Fsp3) is 0.481. The van der Waals surface area contributed by atoms with Gasteiger partial charge in [0, 0.05) is 23.8 Å². The van der Waals surface area contributed by atoms with E-state index in [1.54, 1.807) is 0 Å². The number of rotatable bonds is 4. The number of hydrogen-bond acceptors (Lipinski definition) is 2. The molecule has 2 atom stereocenters. The van der Waals surface area contributed by atoms with Crippen LogP contribution in [-0.4, -0.2) is 29.3 Å². The van der Waals surface area contributed by atoms with E-state index in [0.717, 1.165) is 49.0 Å². The van der Waals surface area contributed by atoms with Crippen LogP contribution in [0.25, 0.3) is 0 Å². The molecule has 1 heterocycles. The van der Waals surface area contributed by atoms with Crippen LogP contribution in [0.4, 0.5) is 5.69 Å². The van der Waals surface area contributed by atoms with Gasteiger partial charge in [0.05, 0.1) is 5.92 Å². The van der Waals surface area contributed by atoms with E-state index in [4.69, 9.17) is 0 Å². The standard InChI is InChI=1S/C27H34N2O2/c1-18-9-5-6-12-22(18)26(31)29-16-8-13-23(24(29)19-14-15-19)25(30)28-21-11-7-10-20(17-21)27(2,3)4/h5-7,9-12,17,19,23-24H,8,13-16H2,1-4H3,(H,28,30)/t23-,24-/m0/s1. The average Bonchev–Trinajstić information content (AvgIpc) is 3.58. The maximum atomic E-state index is 13.4. The molecule has 1 aliphatic heterocycles. The summed E-state index contributed by atoms with van der Waals surface area (Å²) in [6.07, 6.45) is 3.90. The third-order valence-electron chi connectivity index (χ3n) is 6.76. The van der Waals surface area contributed by atoms with E-state index in [0.29, 0.717) is 5.92 Å². The Kier molecular flexibility index (Phi) is 5.92. The second-order valence-electron chi connectivity index (χ2n) is 10.2. The molecule has 2 fully saturated rings. The quantitative estimate of drug-likeness (QED) is 0.706. The first-order valence-electron chi connectivity index (χ1n) is 11.5. The van der Waals surface area contributed by atoms with E-state index in [9.17, 15) is 9.59 Å². The molecular weight excluding hydrogens is 384 g/mol. The lowest BCUT2D eigenvalue weighted by molar-refractivity contribution is -0.123. The van der Waals surface area contributed by atoms with Crippen LogP contribution < -0.4 is 5.32 Å². The SMILES string of the molecule is Cc1ccccc1C(=O)N1CCC[C@H](C(=O)Nc2cccc(C(C)(C)C)c2)[C@@H]1C1CC1.